The van der Waals surface area contributed by atoms with Crippen LogP contribution in [0.15, 0.2) is 30.4 Å². The zero-order valence-electron chi connectivity index (χ0n) is 12.4. The van der Waals surface area contributed by atoms with Gasteiger partial charge in [0.15, 0.2) is 5.78 Å². The molecular weight excluding hydrogens is 320 g/mol. The lowest BCUT2D eigenvalue weighted by molar-refractivity contribution is -0.114. The molecule has 0 atom stereocenters. The van der Waals surface area contributed by atoms with Gasteiger partial charge >= 0.3 is 5.97 Å². The number of phenolic OH excluding ortho intramolecular Hbond substituents is 2. The van der Waals surface area contributed by atoms with Crippen molar-refractivity contribution in [3.63, 3.8) is 0 Å². The van der Waals surface area contributed by atoms with Gasteiger partial charge in [-0.15, -0.1) is 0 Å². The minimum Gasteiger partial charge on any atom is -0.507 e. The van der Waals surface area contributed by atoms with Crippen LogP contribution in [0.1, 0.15) is 35.2 Å². The summed E-state index contributed by atoms with van der Waals surface area (Å²) in [5, 5.41) is 19.5. The number of halogens is 1. The number of fused-ring (bicyclic) bond motifs is 1. The van der Waals surface area contributed by atoms with Crippen LogP contribution in [0.4, 0.5) is 0 Å². The molecule has 0 saturated heterocycles. The van der Waals surface area contributed by atoms with Crippen LogP contribution in [-0.4, -0.2) is 28.6 Å². The summed E-state index contributed by atoms with van der Waals surface area (Å²) in [7, 11) is 0. The van der Waals surface area contributed by atoms with Crippen molar-refractivity contribution in [3.8, 4) is 11.5 Å². The Bertz CT molecular complexity index is 676. The fourth-order valence-electron chi connectivity index (χ4n) is 2.25. The Kier molecular flexibility index (Phi) is 5.82. The lowest BCUT2D eigenvalue weighted by atomic mass is 10.00. The Morgan fingerprint density at radius 2 is 1.87 bits per heavy atom. The van der Waals surface area contributed by atoms with Gasteiger partial charge in [0.25, 0.3) is 0 Å². The summed E-state index contributed by atoms with van der Waals surface area (Å²) in [5.41, 5.74) is -0.119. The lowest BCUT2D eigenvalue weighted by Gasteiger charge is -2.13. The van der Waals surface area contributed by atoms with Gasteiger partial charge in [0.05, 0.1) is 11.6 Å². The van der Waals surface area contributed by atoms with Crippen LogP contribution in [-0.2, 0) is 16.0 Å². The van der Waals surface area contributed by atoms with Crippen LogP contribution in [0, 0.1) is 0 Å². The Balaban J connectivity index is 2.46. The Morgan fingerprint density at radius 3 is 2.65 bits per heavy atom. The van der Waals surface area contributed by atoms with Crippen molar-refractivity contribution in [1.29, 1.82) is 0 Å². The zero-order valence-corrected chi connectivity index (χ0v) is 13.2. The van der Waals surface area contributed by atoms with E-state index in [-0.39, 0.29) is 35.0 Å². The maximum absolute atomic E-state index is 12.2. The molecule has 2 N–H and O–H groups in total. The quantitative estimate of drug-likeness (QED) is 0.710. The predicted octanol–water partition coefficient (Wildman–Crippen LogP) is 3.32. The number of rotatable bonds is 0. The van der Waals surface area contributed by atoms with Crippen LogP contribution in [0.5, 0.6) is 11.5 Å². The average molecular weight is 337 g/mol. The highest BCUT2D eigenvalue weighted by Gasteiger charge is 2.24. The van der Waals surface area contributed by atoms with Crippen LogP contribution >= 0.6 is 11.6 Å². The summed E-state index contributed by atoms with van der Waals surface area (Å²) in [6, 6.07) is 0.967. The molecule has 1 aromatic rings. The minimum atomic E-state index is -0.760. The number of hydrogen-bond donors (Lipinski definition) is 2. The van der Waals surface area contributed by atoms with Gasteiger partial charge in [-0.3, -0.25) is 4.79 Å². The molecule has 2 rings (SSSR count). The van der Waals surface area contributed by atoms with Gasteiger partial charge < -0.3 is 14.9 Å². The van der Waals surface area contributed by atoms with Crippen LogP contribution in [0.25, 0.3) is 0 Å². The van der Waals surface area contributed by atoms with Crippen molar-refractivity contribution in [2.45, 2.75) is 25.7 Å². The SMILES string of the molecule is O=C1/C=C/C=C\CCCCOC(=O)c2c(O)cc(O)c(Cl)c2C1. The number of benzene rings is 1. The summed E-state index contributed by atoms with van der Waals surface area (Å²) >= 11 is 6.01. The Labute approximate surface area is 138 Å². The summed E-state index contributed by atoms with van der Waals surface area (Å²) in [6.45, 7) is 0.202. The monoisotopic (exact) mass is 336 g/mol. The number of hydrogen-bond acceptors (Lipinski definition) is 5. The minimum absolute atomic E-state index is 0.0601. The van der Waals surface area contributed by atoms with Gasteiger partial charge in [-0.05, 0) is 25.3 Å². The first-order valence-electron chi connectivity index (χ1n) is 7.27. The van der Waals surface area contributed by atoms with E-state index in [1.165, 1.54) is 6.08 Å². The number of allylic oxidation sites excluding steroid dienone is 4. The molecule has 0 aliphatic carbocycles. The first kappa shape index (κ1) is 17.1. The molecule has 0 saturated carbocycles. The molecule has 0 amide bonds. The second kappa shape index (κ2) is 7.83. The van der Waals surface area contributed by atoms with Crippen molar-refractivity contribution in [2.75, 3.05) is 6.61 Å². The van der Waals surface area contributed by atoms with E-state index >= 15 is 0 Å². The Hall–Kier alpha value is -2.27. The van der Waals surface area contributed by atoms with Gasteiger partial charge in [0.2, 0.25) is 0 Å². The normalized spacial score (nSPS) is 19.3. The third kappa shape index (κ3) is 4.36. The van der Waals surface area contributed by atoms with E-state index < -0.39 is 17.5 Å². The number of ketones is 1. The highest BCUT2D eigenvalue weighted by molar-refractivity contribution is 6.33. The number of ether oxygens (including phenoxy) is 1. The lowest BCUT2D eigenvalue weighted by Crippen LogP contribution is -2.13. The topological polar surface area (TPSA) is 83.8 Å². The van der Waals surface area contributed by atoms with E-state index in [4.69, 9.17) is 16.3 Å². The molecule has 0 radical (unpaired) electrons. The zero-order chi connectivity index (χ0) is 16.8. The van der Waals surface area contributed by atoms with E-state index in [9.17, 15) is 19.8 Å². The fourth-order valence-corrected chi connectivity index (χ4v) is 2.47. The Morgan fingerprint density at radius 1 is 1.09 bits per heavy atom. The van der Waals surface area contributed by atoms with Gasteiger partial charge in [-0.25, -0.2) is 4.79 Å². The maximum atomic E-state index is 12.2. The third-order valence-electron chi connectivity index (χ3n) is 3.40. The van der Waals surface area contributed by atoms with Crippen molar-refractivity contribution in [1.82, 2.24) is 0 Å². The number of cyclic esters (lactones) is 1. The number of carbonyl (C=O) groups is 2. The molecular formula is C17H17ClO5. The molecule has 6 heteroatoms. The van der Waals surface area contributed by atoms with Crippen molar-refractivity contribution in [3.05, 3.63) is 46.5 Å². The van der Waals surface area contributed by atoms with Gasteiger partial charge in [0.1, 0.15) is 17.1 Å². The van der Waals surface area contributed by atoms with E-state index in [1.807, 2.05) is 6.08 Å². The number of esters is 1. The van der Waals surface area contributed by atoms with E-state index in [0.717, 1.165) is 18.9 Å². The van der Waals surface area contributed by atoms with Gasteiger partial charge in [-0.1, -0.05) is 29.8 Å². The van der Waals surface area contributed by atoms with Crippen LogP contribution in [0.3, 0.4) is 0 Å². The average Bonchev–Trinajstić information content (AvgIpc) is 2.50. The molecule has 122 valence electrons. The first-order valence-corrected chi connectivity index (χ1v) is 7.65. The van der Waals surface area contributed by atoms with Gasteiger partial charge in [0, 0.05) is 18.1 Å². The fraction of sp³-hybridized carbons (Fsp3) is 0.294. The summed E-state index contributed by atoms with van der Waals surface area (Å²) < 4.78 is 5.13. The molecule has 0 bridgehead atoms. The largest absolute Gasteiger partial charge is 0.507 e. The molecule has 1 aliphatic rings. The molecule has 0 unspecified atom stereocenters. The first-order chi connectivity index (χ1) is 11.0. The summed E-state index contributed by atoms with van der Waals surface area (Å²) in [4.78, 5) is 24.2. The van der Waals surface area contributed by atoms with Crippen LogP contribution < -0.4 is 0 Å². The molecule has 1 aromatic carbocycles. The molecule has 1 heterocycles. The molecule has 0 fully saturated rings. The van der Waals surface area contributed by atoms with Crippen molar-refractivity contribution < 1.29 is 24.5 Å². The smallest absolute Gasteiger partial charge is 0.342 e. The predicted molar refractivity (Wildman–Crippen MR) is 85.9 cm³/mol. The molecule has 23 heavy (non-hydrogen) atoms. The number of aromatic hydroxyl groups is 2. The highest BCUT2D eigenvalue weighted by Crippen LogP contribution is 2.37. The summed E-state index contributed by atoms with van der Waals surface area (Å²) in [5.74, 6) is -1.93. The maximum Gasteiger partial charge on any atom is 0.342 e. The molecule has 0 spiro atoms. The number of carbonyl (C=O) groups excluding carboxylic acids is 2. The second-order valence-electron chi connectivity index (χ2n) is 5.14. The van der Waals surface area contributed by atoms with E-state index in [2.05, 4.69) is 0 Å². The molecule has 1 aliphatic heterocycles. The second-order valence-corrected chi connectivity index (χ2v) is 5.52. The summed E-state index contributed by atoms with van der Waals surface area (Å²) in [6.07, 6.45) is 8.78. The standard InChI is InChI=1S/C17H17ClO5/c18-16-12-9-11(19)7-5-3-1-2-4-6-8-23-17(22)15(12)13(20)10-14(16)21/h1,3,5,7,10,20-21H,2,4,6,8-9H2/b3-1-,7-5+. The third-order valence-corrected chi connectivity index (χ3v) is 3.83. The molecule has 5 nitrogen and oxygen atoms in total. The van der Waals surface area contributed by atoms with Crippen molar-refractivity contribution in [2.24, 2.45) is 0 Å². The van der Waals surface area contributed by atoms with Gasteiger partial charge in [-0.2, -0.15) is 0 Å². The van der Waals surface area contributed by atoms with Crippen LogP contribution in [0.2, 0.25) is 5.02 Å². The number of phenols is 2. The van der Waals surface area contributed by atoms with E-state index in [0.29, 0.717) is 6.42 Å². The highest BCUT2D eigenvalue weighted by atomic mass is 35.5. The van der Waals surface area contributed by atoms with E-state index in [1.54, 1.807) is 12.2 Å². The molecule has 0 aromatic heterocycles. The van der Waals surface area contributed by atoms with Crippen molar-refractivity contribution >= 4 is 23.4 Å².